The van der Waals surface area contributed by atoms with E-state index in [-0.39, 0.29) is 5.56 Å². The van der Waals surface area contributed by atoms with Crippen molar-refractivity contribution in [1.82, 2.24) is 24.8 Å². The van der Waals surface area contributed by atoms with Crippen molar-refractivity contribution in [1.29, 1.82) is 0 Å². The van der Waals surface area contributed by atoms with Crippen molar-refractivity contribution in [2.45, 2.75) is 32.2 Å². The Bertz CT molecular complexity index is 841. The van der Waals surface area contributed by atoms with Crippen LogP contribution in [0.5, 0.6) is 0 Å². The zero-order valence-corrected chi connectivity index (χ0v) is 16.9. The van der Waals surface area contributed by atoms with Crippen LogP contribution in [0.4, 0.5) is 5.82 Å². The van der Waals surface area contributed by atoms with E-state index < -0.39 is 0 Å². The summed E-state index contributed by atoms with van der Waals surface area (Å²) in [4.78, 5) is 31.2. The molecule has 0 saturated carbocycles. The molecule has 28 heavy (non-hydrogen) atoms. The topological polar surface area (TPSA) is 68.4 Å². The van der Waals surface area contributed by atoms with E-state index in [0.29, 0.717) is 11.9 Å². The number of piperazine rings is 1. The molecule has 2 aliphatic rings. The highest BCUT2D eigenvalue weighted by Crippen LogP contribution is 2.21. The molecule has 4 heterocycles. The Labute approximate surface area is 166 Å². The van der Waals surface area contributed by atoms with E-state index in [0.717, 1.165) is 49.7 Å². The van der Waals surface area contributed by atoms with Crippen molar-refractivity contribution in [2.24, 2.45) is 0 Å². The third-order valence-electron chi connectivity index (χ3n) is 5.93. The average Bonchev–Trinajstić information content (AvgIpc) is 2.73. The molecule has 0 amide bonds. The van der Waals surface area contributed by atoms with Crippen molar-refractivity contribution in [2.75, 3.05) is 51.2 Å². The summed E-state index contributed by atoms with van der Waals surface area (Å²) in [5, 5.41) is 0. The minimum absolute atomic E-state index is 0.115. The molecule has 4 rings (SSSR count). The van der Waals surface area contributed by atoms with E-state index in [9.17, 15) is 4.79 Å². The van der Waals surface area contributed by atoms with E-state index in [1.54, 1.807) is 6.07 Å². The van der Waals surface area contributed by atoms with Crippen LogP contribution in [0.15, 0.2) is 29.2 Å². The van der Waals surface area contributed by atoms with Crippen LogP contribution in [-0.4, -0.2) is 77.1 Å². The predicted molar refractivity (Wildman–Crippen MR) is 112 cm³/mol. The highest BCUT2D eigenvalue weighted by molar-refractivity contribution is 5.56. The van der Waals surface area contributed by atoms with Crippen molar-refractivity contribution < 1.29 is 0 Å². The number of hydrogen-bond acceptors (Lipinski definition) is 6. The molecule has 0 bridgehead atoms. The minimum Gasteiger partial charge on any atom is -0.354 e. The molecule has 2 saturated heterocycles. The normalized spacial score (nSPS) is 21.8. The summed E-state index contributed by atoms with van der Waals surface area (Å²) in [7, 11) is 2.23. The number of anilines is 1. The maximum absolute atomic E-state index is 11.8. The van der Waals surface area contributed by atoms with Gasteiger partial charge in [0.15, 0.2) is 0 Å². The molecule has 2 aromatic rings. The molecule has 150 valence electrons. The van der Waals surface area contributed by atoms with Crippen LogP contribution in [-0.2, 0) is 6.42 Å². The van der Waals surface area contributed by atoms with Gasteiger partial charge in [-0.05, 0) is 45.0 Å². The van der Waals surface area contributed by atoms with Gasteiger partial charge in [-0.2, -0.15) is 0 Å². The van der Waals surface area contributed by atoms with Gasteiger partial charge in [-0.3, -0.25) is 9.69 Å². The van der Waals surface area contributed by atoms with Crippen LogP contribution in [0.25, 0.3) is 11.4 Å². The van der Waals surface area contributed by atoms with Gasteiger partial charge in [0.05, 0.1) is 0 Å². The van der Waals surface area contributed by atoms with Gasteiger partial charge in [0.25, 0.3) is 5.56 Å². The molecular weight excluding hydrogens is 352 g/mol. The Balaban J connectivity index is 1.40. The molecule has 1 N–H and O–H groups in total. The van der Waals surface area contributed by atoms with Gasteiger partial charge in [-0.15, -0.1) is 0 Å². The number of H-pyrrole nitrogens is 1. The van der Waals surface area contributed by atoms with Gasteiger partial charge in [-0.1, -0.05) is 6.92 Å². The second kappa shape index (κ2) is 8.41. The Kier molecular flexibility index (Phi) is 5.73. The van der Waals surface area contributed by atoms with Gasteiger partial charge in [0.2, 0.25) is 0 Å². The first-order valence-corrected chi connectivity index (χ1v) is 10.4. The maximum Gasteiger partial charge on any atom is 0.251 e. The lowest BCUT2D eigenvalue weighted by Crippen LogP contribution is -2.54. The SMILES string of the molecule is CCc1cc(=O)[nH]c(-c2ccc(N3CCN(C4CCCN(C)C4)CC3)nc2)n1. The molecule has 7 nitrogen and oxygen atoms in total. The monoisotopic (exact) mass is 382 g/mol. The summed E-state index contributed by atoms with van der Waals surface area (Å²) >= 11 is 0. The number of likely N-dealkylation sites (N-methyl/N-ethyl adjacent to an activating group) is 1. The minimum atomic E-state index is -0.115. The van der Waals surface area contributed by atoms with Gasteiger partial charge >= 0.3 is 0 Å². The molecule has 2 aromatic heterocycles. The number of pyridine rings is 1. The zero-order chi connectivity index (χ0) is 19.5. The van der Waals surface area contributed by atoms with E-state index in [1.165, 1.54) is 25.9 Å². The molecule has 0 radical (unpaired) electrons. The van der Waals surface area contributed by atoms with Gasteiger partial charge < -0.3 is 14.8 Å². The fraction of sp³-hybridized carbons (Fsp3) is 0.571. The molecule has 0 spiro atoms. The number of nitrogens with one attached hydrogen (secondary N) is 1. The average molecular weight is 383 g/mol. The van der Waals surface area contributed by atoms with Crippen molar-refractivity contribution in [3.8, 4) is 11.4 Å². The molecule has 2 aliphatic heterocycles. The summed E-state index contributed by atoms with van der Waals surface area (Å²) < 4.78 is 0. The lowest BCUT2D eigenvalue weighted by molar-refractivity contribution is 0.106. The highest BCUT2D eigenvalue weighted by atomic mass is 16.1. The summed E-state index contributed by atoms with van der Waals surface area (Å²) in [6.45, 7) is 8.62. The summed E-state index contributed by atoms with van der Waals surface area (Å²) in [6.07, 6.45) is 5.18. The molecular formula is C21H30N6O. The standard InChI is InChI=1S/C21H30N6O/c1-3-17-13-20(28)24-21(23-17)16-6-7-19(22-14-16)27-11-9-26(10-12-27)18-5-4-8-25(2)15-18/h6-7,13-14,18H,3-5,8-12,15H2,1-2H3,(H,23,24,28). The van der Waals surface area contributed by atoms with Crippen LogP contribution >= 0.6 is 0 Å². The number of nitrogens with zero attached hydrogens (tertiary/aromatic N) is 5. The fourth-order valence-electron chi connectivity index (χ4n) is 4.29. The van der Waals surface area contributed by atoms with E-state index in [2.05, 4.69) is 36.7 Å². The third-order valence-corrected chi connectivity index (χ3v) is 5.93. The Morgan fingerprint density at radius 2 is 2.00 bits per heavy atom. The smallest absolute Gasteiger partial charge is 0.251 e. The second-order valence-electron chi connectivity index (χ2n) is 7.93. The predicted octanol–water partition coefficient (Wildman–Crippen LogP) is 1.61. The Morgan fingerprint density at radius 1 is 1.18 bits per heavy atom. The number of piperidine rings is 1. The Hall–Kier alpha value is -2.25. The second-order valence-corrected chi connectivity index (χ2v) is 7.93. The van der Waals surface area contributed by atoms with Crippen LogP contribution in [0.1, 0.15) is 25.5 Å². The number of likely N-dealkylation sites (tertiary alicyclic amines) is 1. The lowest BCUT2D eigenvalue weighted by Gasteiger charge is -2.43. The lowest BCUT2D eigenvalue weighted by atomic mass is 10.0. The van der Waals surface area contributed by atoms with Crippen LogP contribution in [0.3, 0.4) is 0 Å². The van der Waals surface area contributed by atoms with Crippen molar-refractivity contribution in [3.63, 3.8) is 0 Å². The molecule has 0 aromatic carbocycles. The first-order valence-electron chi connectivity index (χ1n) is 10.4. The number of aromatic amines is 1. The maximum atomic E-state index is 11.8. The first kappa shape index (κ1) is 19.1. The number of aryl methyl sites for hydroxylation is 1. The van der Waals surface area contributed by atoms with Crippen molar-refractivity contribution in [3.05, 3.63) is 40.4 Å². The summed E-state index contributed by atoms with van der Waals surface area (Å²) in [5.41, 5.74) is 1.53. The zero-order valence-electron chi connectivity index (χ0n) is 16.9. The van der Waals surface area contributed by atoms with Gasteiger partial charge in [-0.25, -0.2) is 9.97 Å². The number of aromatic nitrogens is 3. The largest absolute Gasteiger partial charge is 0.354 e. The van der Waals surface area contributed by atoms with Gasteiger partial charge in [0, 0.05) is 62.3 Å². The highest BCUT2D eigenvalue weighted by Gasteiger charge is 2.27. The van der Waals surface area contributed by atoms with Gasteiger partial charge in [0.1, 0.15) is 11.6 Å². The van der Waals surface area contributed by atoms with E-state index >= 15 is 0 Å². The summed E-state index contributed by atoms with van der Waals surface area (Å²) in [5.74, 6) is 1.59. The molecule has 0 aliphatic carbocycles. The molecule has 2 fully saturated rings. The fourth-order valence-corrected chi connectivity index (χ4v) is 4.29. The third kappa shape index (κ3) is 4.25. The summed E-state index contributed by atoms with van der Waals surface area (Å²) in [6, 6.07) is 6.29. The quantitative estimate of drug-likeness (QED) is 0.867. The number of hydrogen-bond donors (Lipinski definition) is 1. The van der Waals surface area contributed by atoms with E-state index in [4.69, 9.17) is 0 Å². The molecule has 1 atom stereocenters. The number of rotatable bonds is 4. The van der Waals surface area contributed by atoms with Crippen LogP contribution in [0, 0.1) is 0 Å². The first-order chi connectivity index (χ1) is 13.6. The van der Waals surface area contributed by atoms with Crippen LogP contribution < -0.4 is 10.5 Å². The van der Waals surface area contributed by atoms with Crippen LogP contribution in [0.2, 0.25) is 0 Å². The molecule has 1 unspecified atom stereocenters. The molecule has 7 heteroatoms. The van der Waals surface area contributed by atoms with E-state index in [1.807, 2.05) is 25.3 Å². The Morgan fingerprint density at radius 3 is 2.68 bits per heavy atom. The van der Waals surface area contributed by atoms with Crippen molar-refractivity contribution >= 4 is 5.82 Å².